The molecule has 4 nitrogen and oxygen atoms in total. The summed E-state index contributed by atoms with van der Waals surface area (Å²) in [6.45, 7) is 7.09. The molecule has 0 saturated carbocycles. The van der Waals surface area contributed by atoms with Crippen LogP contribution in [0.4, 0.5) is 0 Å². The van der Waals surface area contributed by atoms with Gasteiger partial charge >= 0.3 is 0 Å². The number of ether oxygens (including phenoxy) is 1. The first kappa shape index (κ1) is 15.5. The van der Waals surface area contributed by atoms with Crippen molar-refractivity contribution in [1.82, 2.24) is 9.88 Å². The van der Waals surface area contributed by atoms with Crippen molar-refractivity contribution in [3.05, 3.63) is 45.4 Å². The normalized spacial score (nSPS) is 10.5. The number of carbonyl (C=O) groups excluding carboxylic acids is 1. The number of thiazole rings is 1. The zero-order valence-corrected chi connectivity index (χ0v) is 13.7. The highest BCUT2D eigenvalue weighted by atomic mass is 32.1. The van der Waals surface area contributed by atoms with Crippen molar-refractivity contribution in [3.8, 4) is 5.75 Å². The Kier molecular flexibility index (Phi) is 4.96. The Morgan fingerprint density at radius 1 is 1.38 bits per heavy atom. The molecule has 2 aromatic rings. The molecule has 0 N–H and O–H groups in total. The summed E-state index contributed by atoms with van der Waals surface area (Å²) < 4.78 is 5.79. The van der Waals surface area contributed by atoms with E-state index in [1.54, 1.807) is 29.4 Å². The van der Waals surface area contributed by atoms with Gasteiger partial charge in [0.2, 0.25) is 0 Å². The molecule has 1 aromatic heterocycles. The van der Waals surface area contributed by atoms with Crippen LogP contribution in [0, 0.1) is 13.8 Å². The predicted octanol–water partition coefficient (Wildman–Crippen LogP) is 3.43. The van der Waals surface area contributed by atoms with E-state index in [-0.39, 0.29) is 5.91 Å². The Balaban J connectivity index is 2.08. The minimum Gasteiger partial charge on any atom is -0.488 e. The van der Waals surface area contributed by atoms with Gasteiger partial charge in [-0.3, -0.25) is 4.79 Å². The van der Waals surface area contributed by atoms with E-state index in [1.165, 1.54) is 0 Å². The molecular weight excluding hydrogens is 284 g/mol. The molecule has 0 unspecified atom stereocenters. The molecule has 0 aliphatic heterocycles. The van der Waals surface area contributed by atoms with Crippen LogP contribution in [0.3, 0.4) is 0 Å². The van der Waals surface area contributed by atoms with E-state index in [0.717, 1.165) is 15.6 Å². The van der Waals surface area contributed by atoms with Crippen LogP contribution >= 0.6 is 11.3 Å². The van der Waals surface area contributed by atoms with E-state index in [1.807, 2.05) is 39.0 Å². The van der Waals surface area contributed by atoms with Gasteiger partial charge in [0.25, 0.3) is 5.91 Å². The largest absolute Gasteiger partial charge is 0.488 e. The molecule has 1 amide bonds. The molecule has 0 atom stereocenters. The Labute approximate surface area is 129 Å². The third-order valence-corrected chi connectivity index (χ3v) is 4.32. The molecule has 0 spiro atoms. The van der Waals surface area contributed by atoms with Gasteiger partial charge in [-0.1, -0.05) is 6.07 Å². The van der Waals surface area contributed by atoms with E-state index in [4.69, 9.17) is 4.74 Å². The zero-order valence-electron chi connectivity index (χ0n) is 12.8. The third kappa shape index (κ3) is 3.82. The lowest BCUT2D eigenvalue weighted by atomic mass is 10.2. The van der Waals surface area contributed by atoms with Crippen molar-refractivity contribution in [2.45, 2.75) is 27.4 Å². The lowest BCUT2D eigenvalue weighted by Gasteiger charge is -2.15. The van der Waals surface area contributed by atoms with Gasteiger partial charge in [0.05, 0.1) is 15.6 Å². The maximum atomic E-state index is 12.1. The van der Waals surface area contributed by atoms with Crippen LogP contribution < -0.4 is 4.74 Å². The van der Waals surface area contributed by atoms with Gasteiger partial charge in [0.15, 0.2) is 0 Å². The van der Waals surface area contributed by atoms with Crippen molar-refractivity contribution < 1.29 is 9.53 Å². The topological polar surface area (TPSA) is 42.4 Å². The summed E-state index contributed by atoms with van der Waals surface area (Å²) >= 11 is 1.64. The Morgan fingerprint density at radius 2 is 2.14 bits per heavy atom. The second-order valence-corrected chi connectivity index (χ2v) is 6.17. The van der Waals surface area contributed by atoms with Crippen molar-refractivity contribution >= 4 is 17.2 Å². The van der Waals surface area contributed by atoms with Gasteiger partial charge < -0.3 is 9.64 Å². The first-order valence-electron chi connectivity index (χ1n) is 6.92. The Bertz CT molecular complexity index is 637. The molecule has 0 fully saturated rings. The van der Waals surface area contributed by atoms with Gasteiger partial charge in [0.1, 0.15) is 12.4 Å². The number of aryl methyl sites for hydroxylation is 2. The molecule has 0 saturated heterocycles. The summed E-state index contributed by atoms with van der Waals surface area (Å²) in [7, 11) is 1.79. The van der Waals surface area contributed by atoms with Crippen molar-refractivity contribution in [3.63, 3.8) is 0 Å². The molecule has 2 rings (SSSR count). The molecule has 1 heterocycles. The predicted molar refractivity (Wildman–Crippen MR) is 85.0 cm³/mol. The lowest BCUT2D eigenvalue weighted by Crippen LogP contribution is -2.26. The molecule has 0 aliphatic rings. The monoisotopic (exact) mass is 304 g/mol. The summed E-state index contributed by atoms with van der Waals surface area (Å²) in [5.74, 6) is 0.712. The summed E-state index contributed by atoms with van der Waals surface area (Å²) in [6.07, 6.45) is 0. The smallest absolute Gasteiger partial charge is 0.253 e. The van der Waals surface area contributed by atoms with Crippen LogP contribution in [0.15, 0.2) is 24.3 Å². The minimum atomic E-state index is 0.00719. The van der Waals surface area contributed by atoms with Crippen LogP contribution in [0.1, 0.15) is 32.9 Å². The second kappa shape index (κ2) is 6.72. The number of aromatic nitrogens is 1. The fourth-order valence-electron chi connectivity index (χ4n) is 1.94. The molecule has 0 bridgehead atoms. The third-order valence-electron chi connectivity index (χ3n) is 3.27. The maximum Gasteiger partial charge on any atom is 0.253 e. The molecular formula is C16H20N2O2S. The fourth-order valence-corrected chi connectivity index (χ4v) is 2.79. The summed E-state index contributed by atoms with van der Waals surface area (Å²) in [5.41, 5.74) is 1.66. The number of nitrogens with zero attached hydrogens (tertiary/aromatic N) is 2. The fraction of sp³-hybridized carbons (Fsp3) is 0.375. The summed E-state index contributed by atoms with van der Waals surface area (Å²) in [6, 6.07) is 7.31. The molecule has 0 aliphatic carbocycles. The van der Waals surface area contributed by atoms with Gasteiger partial charge in [-0.15, -0.1) is 11.3 Å². The Hall–Kier alpha value is -1.88. The summed E-state index contributed by atoms with van der Waals surface area (Å²) in [4.78, 5) is 19.3. The van der Waals surface area contributed by atoms with Crippen LogP contribution in [0.25, 0.3) is 0 Å². The van der Waals surface area contributed by atoms with E-state index in [0.29, 0.717) is 24.5 Å². The first-order chi connectivity index (χ1) is 10.0. The van der Waals surface area contributed by atoms with Gasteiger partial charge in [-0.05, 0) is 39.0 Å². The van der Waals surface area contributed by atoms with Gasteiger partial charge in [-0.2, -0.15) is 0 Å². The van der Waals surface area contributed by atoms with E-state index >= 15 is 0 Å². The van der Waals surface area contributed by atoms with Gasteiger partial charge in [-0.25, -0.2) is 4.98 Å². The van der Waals surface area contributed by atoms with Crippen molar-refractivity contribution in [2.75, 3.05) is 13.6 Å². The highest BCUT2D eigenvalue weighted by Crippen LogP contribution is 2.21. The van der Waals surface area contributed by atoms with E-state index in [2.05, 4.69) is 4.98 Å². The standard InChI is InChI=1S/C16H20N2O2S/c1-5-18(4)16(19)13-7-6-8-14(9-13)20-10-15-11(2)17-12(3)21-15/h6-9H,5,10H2,1-4H3. The van der Waals surface area contributed by atoms with E-state index < -0.39 is 0 Å². The SMILES string of the molecule is CCN(C)C(=O)c1cccc(OCc2sc(C)nc2C)c1. The molecule has 21 heavy (non-hydrogen) atoms. The van der Waals surface area contributed by atoms with Crippen LogP contribution in [0.5, 0.6) is 5.75 Å². The Morgan fingerprint density at radius 3 is 2.76 bits per heavy atom. The highest BCUT2D eigenvalue weighted by Gasteiger charge is 2.11. The number of carbonyl (C=O) groups is 1. The first-order valence-corrected chi connectivity index (χ1v) is 7.74. The summed E-state index contributed by atoms with van der Waals surface area (Å²) in [5, 5.41) is 1.04. The lowest BCUT2D eigenvalue weighted by molar-refractivity contribution is 0.0802. The van der Waals surface area contributed by atoms with Crippen LogP contribution in [-0.2, 0) is 6.61 Å². The molecule has 0 radical (unpaired) electrons. The zero-order chi connectivity index (χ0) is 15.4. The second-order valence-electron chi connectivity index (χ2n) is 4.88. The quantitative estimate of drug-likeness (QED) is 0.850. The molecule has 1 aromatic carbocycles. The maximum absolute atomic E-state index is 12.1. The number of amides is 1. The number of hydrogen-bond donors (Lipinski definition) is 0. The van der Waals surface area contributed by atoms with Crippen LogP contribution in [0.2, 0.25) is 0 Å². The minimum absolute atomic E-state index is 0.00719. The van der Waals surface area contributed by atoms with Gasteiger partial charge in [0, 0.05) is 19.2 Å². The molecule has 5 heteroatoms. The van der Waals surface area contributed by atoms with Crippen molar-refractivity contribution in [1.29, 1.82) is 0 Å². The number of hydrogen-bond acceptors (Lipinski definition) is 4. The van der Waals surface area contributed by atoms with Crippen molar-refractivity contribution in [2.24, 2.45) is 0 Å². The number of benzene rings is 1. The molecule has 112 valence electrons. The van der Waals surface area contributed by atoms with E-state index in [9.17, 15) is 4.79 Å². The highest BCUT2D eigenvalue weighted by molar-refractivity contribution is 7.11. The van der Waals surface area contributed by atoms with Crippen LogP contribution in [-0.4, -0.2) is 29.4 Å². The average molecular weight is 304 g/mol. The average Bonchev–Trinajstić information content (AvgIpc) is 2.81. The number of rotatable bonds is 5.